The van der Waals surface area contributed by atoms with Crippen molar-refractivity contribution < 1.29 is 9.84 Å². The molecule has 0 amide bonds. The van der Waals surface area contributed by atoms with Gasteiger partial charge in [0, 0.05) is 18.0 Å². The van der Waals surface area contributed by atoms with E-state index in [4.69, 9.17) is 4.74 Å². The number of ether oxygens (including phenoxy) is 1. The van der Waals surface area contributed by atoms with Crippen LogP contribution in [-0.4, -0.2) is 45.8 Å². The number of nitrogens with one attached hydrogen (secondary N) is 1. The second kappa shape index (κ2) is 9.35. The molecule has 7 heteroatoms. The van der Waals surface area contributed by atoms with Crippen LogP contribution in [0.1, 0.15) is 21.8 Å². The van der Waals surface area contributed by atoms with Crippen molar-refractivity contribution in [1.82, 2.24) is 14.9 Å². The van der Waals surface area contributed by atoms with Gasteiger partial charge in [-0.2, -0.15) is 0 Å². The van der Waals surface area contributed by atoms with Crippen molar-refractivity contribution in [2.75, 3.05) is 19.7 Å². The summed E-state index contributed by atoms with van der Waals surface area (Å²) >= 11 is 1.53. The van der Waals surface area contributed by atoms with Gasteiger partial charge < -0.3 is 14.8 Å². The van der Waals surface area contributed by atoms with Gasteiger partial charge in [0.15, 0.2) is 0 Å². The monoisotopic (exact) mass is 413 g/mol. The van der Waals surface area contributed by atoms with Gasteiger partial charge in [0.2, 0.25) is 0 Å². The molecule has 0 saturated heterocycles. The van der Waals surface area contributed by atoms with E-state index in [1.54, 1.807) is 6.08 Å². The highest BCUT2D eigenvalue weighted by Gasteiger charge is 2.16. The maximum absolute atomic E-state index is 12.5. The van der Waals surface area contributed by atoms with E-state index >= 15 is 0 Å². The first kappa shape index (κ1) is 21.2. The van der Waals surface area contributed by atoms with Gasteiger partial charge in [-0.1, -0.05) is 24.3 Å². The first-order valence-electron chi connectivity index (χ1n) is 9.57. The number of H-pyrrole nitrogens is 1. The zero-order valence-electron chi connectivity index (χ0n) is 17.1. The van der Waals surface area contributed by atoms with Gasteiger partial charge in [0.05, 0.1) is 11.9 Å². The molecule has 0 bridgehead atoms. The topological polar surface area (TPSA) is 78.5 Å². The molecule has 0 aliphatic rings. The van der Waals surface area contributed by atoms with E-state index < -0.39 is 6.10 Å². The smallest absolute Gasteiger partial charge is 0.259 e. The molecule has 1 atom stereocenters. The molecule has 0 aliphatic heterocycles. The van der Waals surface area contributed by atoms with Crippen molar-refractivity contribution in [3.05, 3.63) is 69.1 Å². The Morgan fingerprint density at radius 3 is 2.83 bits per heavy atom. The van der Waals surface area contributed by atoms with Gasteiger partial charge in [-0.05, 0) is 38.0 Å². The van der Waals surface area contributed by atoms with Crippen LogP contribution < -0.4 is 10.3 Å². The molecule has 2 aromatic heterocycles. The molecule has 3 rings (SSSR count). The quantitative estimate of drug-likeness (QED) is 0.526. The summed E-state index contributed by atoms with van der Waals surface area (Å²) in [5.41, 5.74) is 1.89. The molecular formula is C22H27N3O3S. The van der Waals surface area contributed by atoms with Gasteiger partial charge in [-0.25, -0.2) is 4.98 Å². The van der Waals surface area contributed by atoms with Crippen LogP contribution in [0.4, 0.5) is 0 Å². The van der Waals surface area contributed by atoms with E-state index in [-0.39, 0.29) is 12.2 Å². The molecule has 0 fully saturated rings. The van der Waals surface area contributed by atoms with Crippen LogP contribution in [0.2, 0.25) is 0 Å². The van der Waals surface area contributed by atoms with Crippen LogP contribution in [0, 0.1) is 20.8 Å². The van der Waals surface area contributed by atoms with Crippen LogP contribution >= 0.6 is 11.3 Å². The Balaban J connectivity index is 1.68. The Bertz CT molecular complexity index is 1060. The van der Waals surface area contributed by atoms with Gasteiger partial charge in [-0.15, -0.1) is 17.9 Å². The van der Waals surface area contributed by atoms with Crippen molar-refractivity contribution in [2.45, 2.75) is 33.4 Å². The summed E-state index contributed by atoms with van der Waals surface area (Å²) in [5.74, 6) is 1.35. The zero-order valence-corrected chi connectivity index (χ0v) is 17.9. The first-order chi connectivity index (χ1) is 13.9. The Hall–Kier alpha value is -2.48. The molecule has 1 aromatic carbocycles. The van der Waals surface area contributed by atoms with Crippen molar-refractivity contribution >= 4 is 21.6 Å². The largest absolute Gasteiger partial charge is 0.491 e. The second-order valence-electron chi connectivity index (χ2n) is 7.19. The van der Waals surface area contributed by atoms with Crippen molar-refractivity contribution in [3.63, 3.8) is 0 Å². The molecule has 2 heterocycles. The van der Waals surface area contributed by atoms with Crippen LogP contribution in [0.15, 0.2) is 41.7 Å². The molecule has 0 spiro atoms. The number of hydrogen-bond acceptors (Lipinski definition) is 6. The number of aliphatic hydroxyl groups excluding tert-OH is 1. The highest BCUT2D eigenvalue weighted by Crippen LogP contribution is 2.25. The maximum atomic E-state index is 12.5. The number of hydrogen-bond donors (Lipinski definition) is 2. The van der Waals surface area contributed by atoms with E-state index in [2.05, 4.69) is 16.5 Å². The fourth-order valence-electron chi connectivity index (χ4n) is 3.23. The molecule has 2 N–H and O–H groups in total. The summed E-state index contributed by atoms with van der Waals surface area (Å²) in [6.07, 6.45) is 1.08. The number of aliphatic hydroxyl groups is 1. The molecule has 1 unspecified atom stereocenters. The predicted molar refractivity (Wildman–Crippen MR) is 118 cm³/mol. The highest BCUT2D eigenvalue weighted by molar-refractivity contribution is 7.18. The van der Waals surface area contributed by atoms with Crippen molar-refractivity contribution in [1.29, 1.82) is 0 Å². The minimum Gasteiger partial charge on any atom is -0.491 e. The number of para-hydroxylation sites is 1. The lowest BCUT2D eigenvalue weighted by molar-refractivity contribution is 0.0686. The molecule has 0 radical (unpaired) electrons. The van der Waals surface area contributed by atoms with Gasteiger partial charge in [0.25, 0.3) is 5.56 Å². The van der Waals surface area contributed by atoms with E-state index in [9.17, 15) is 9.90 Å². The third kappa shape index (κ3) is 5.12. The predicted octanol–water partition coefficient (Wildman–Crippen LogP) is 3.34. The van der Waals surface area contributed by atoms with Crippen LogP contribution in [0.3, 0.4) is 0 Å². The summed E-state index contributed by atoms with van der Waals surface area (Å²) in [6, 6.07) is 7.72. The van der Waals surface area contributed by atoms with Crippen LogP contribution in [0.25, 0.3) is 10.2 Å². The van der Waals surface area contributed by atoms with Crippen LogP contribution in [-0.2, 0) is 6.54 Å². The molecule has 6 nitrogen and oxygen atoms in total. The minimum absolute atomic E-state index is 0.117. The third-order valence-electron chi connectivity index (χ3n) is 4.84. The Labute approximate surface area is 174 Å². The lowest BCUT2D eigenvalue weighted by Crippen LogP contribution is -2.36. The van der Waals surface area contributed by atoms with E-state index in [0.29, 0.717) is 30.8 Å². The Morgan fingerprint density at radius 1 is 1.34 bits per heavy atom. The number of aromatic nitrogens is 2. The SMILES string of the molecule is C=CCN(Cc1nc2sc(C)c(C)c2c(=O)[nH]1)CC(O)COc1ccccc1C. The Morgan fingerprint density at radius 2 is 2.10 bits per heavy atom. The second-order valence-corrected chi connectivity index (χ2v) is 8.39. The summed E-state index contributed by atoms with van der Waals surface area (Å²) in [6.45, 7) is 11.2. The van der Waals surface area contributed by atoms with E-state index in [1.807, 2.05) is 49.9 Å². The average molecular weight is 414 g/mol. The molecule has 0 aliphatic carbocycles. The van der Waals surface area contributed by atoms with E-state index in [1.165, 1.54) is 11.3 Å². The standard InChI is InChI=1S/C22H27N3O3S/c1-5-10-25(11-17(26)13-28-18-9-7-6-8-14(18)2)12-19-23-21(27)20-15(3)16(4)29-22(20)24-19/h5-9,17,26H,1,10-13H2,2-4H3,(H,23,24,27). The van der Waals surface area contributed by atoms with Crippen LogP contribution in [0.5, 0.6) is 5.75 Å². The summed E-state index contributed by atoms with van der Waals surface area (Å²) in [5, 5.41) is 11.1. The summed E-state index contributed by atoms with van der Waals surface area (Å²) in [7, 11) is 0. The molecule has 29 heavy (non-hydrogen) atoms. The summed E-state index contributed by atoms with van der Waals surface area (Å²) < 4.78 is 5.75. The van der Waals surface area contributed by atoms with Gasteiger partial charge in [-0.3, -0.25) is 9.69 Å². The van der Waals surface area contributed by atoms with Gasteiger partial charge in [0.1, 0.15) is 29.1 Å². The molecule has 154 valence electrons. The number of nitrogens with zero attached hydrogens (tertiary/aromatic N) is 2. The average Bonchev–Trinajstić information content (AvgIpc) is 2.95. The minimum atomic E-state index is -0.684. The Kier molecular flexibility index (Phi) is 6.84. The zero-order chi connectivity index (χ0) is 21.0. The first-order valence-corrected chi connectivity index (χ1v) is 10.4. The number of fused-ring (bicyclic) bond motifs is 1. The van der Waals surface area contributed by atoms with Gasteiger partial charge >= 0.3 is 0 Å². The third-order valence-corrected chi connectivity index (χ3v) is 5.94. The number of aromatic amines is 1. The number of rotatable bonds is 9. The highest BCUT2D eigenvalue weighted by atomic mass is 32.1. The van der Waals surface area contributed by atoms with E-state index in [0.717, 1.165) is 26.6 Å². The lowest BCUT2D eigenvalue weighted by atomic mass is 10.2. The molecular weight excluding hydrogens is 386 g/mol. The number of benzene rings is 1. The molecule has 3 aromatic rings. The molecule has 0 saturated carbocycles. The lowest BCUT2D eigenvalue weighted by Gasteiger charge is -2.23. The van der Waals surface area contributed by atoms with Crippen molar-refractivity contribution in [3.8, 4) is 5.75 Å². The number of aryl methyl sites for hydroxylation is 3. The van der Waals surface area contributed by atoms with Crippen molar-refractivity contribution in [2.24, 2.45) is 0 Å². The number of thiophene rings is 1. The summed E-state index contributed by atoms with van der Waals surface area (Å²) in [4.78, 5) is 23.8. The maximum Gasteiger partial charge on any atom is 0.259 e. The normalized spacial score (nSPS) is 12.4. The fraction of sp³-hybridized carbons (Fsp3) is 0.364. The fourth-order valence-corrected chi connectivity index (χ4v) is 4.28.